The Kier molecular flexibility index (Phi) is 8.67. The van der Waals surface area contributed by atoms with Gasteiger partial charge in [0.1, 0.15) is 11.5 Å². The highest BCUT2D eigenvalue weighted by atomic mass is 32.2. The molecule has 0 radical (unpaired) electrons. The Morgan fingerprint density at radius 3 is 2.34 bits per heavy atom. The molecule has 0 saturated carbocycles. The molecule has 0 saturated heterocycles. The fourth-order valence-corrected chi connectivity index (χ4v) is 4.21. The van der Waals surface area contributed by atoms with Crippen LogP contribution in [0.2, 0.25) is 0 Å². The molecule has 0 spiro atoms. The van der Waals surface area contributed by atoms with Crippen LogP contribution in [0.25, 0.3) is 11.1 Å². The van der Waals surface area contributed by atoms with E-state index in [4.69, 9.17) is 9.47 Å². The molecule has 0 aliphatic rings. The van der Waals surface area contributed by atoms with E-state index in [1.54, 1.807) is 12.1 Å². The molecule has 7 heteroatoms. The van der Waals surface area contributed by atoms with Crippen molar-refractivity contribution >= 4 is 15.7 Å². The number of hydrogen-bond donors (Lipinski definition) is 1. The Balaban J connectivity index is 2.18. The Morgan fingerprint density at radius 2 is 1.72 bits per heavy atom. The second-order valence-electron chi connectivity index (χ2n) is 6.71. The monoisotopic (exact) mass is 419 g/mol. The van der Waals surface area contributed by atoms with E-state index in [0.29, 0.717) is 25.4 Å². The van der Waals surface area contributed by atoms with E-state index >= 15 is 0 Å². The van der Waals surface area contributed by atoms with Crippen molar-refractivity contribution in [3.05, 3.63) is 53.6 Å². The highest BCUT2D eigenvalue weighted by Crippen LogP contribution is 2.28. The van der Waals surface area contributed by atoms with Crippen molar-refractivity contribution in [2.45, 2.75) is 32.6 Å². The van der Waals surface area contributed by atoms with Gasteiger partial charge in [-0.05, 0) is 42.2 Å². The fraction of sp³-hybridized carbons (Fsp3) is 0.409. The van der Waals surface area contributed by atoms with Gasteiger partial charge in [0.25, 0.3) is 0 Å². The summed E-state index contributed by atoms with van der Waals surface area (Å²) in [6.07, 6.45) is 0.952. The van der Waals surface area contributed by atoms with Crippen LogP contribution in [0.1, 0.15) is 31.4 Å². The van der Waals surface area contributed by atoms with Gasteiger partial charge in [0.2, 0.25) is 5.91 Å². The lowest BCUT2D eigenvalue weighted by Crippen LogP contribution is -2.27. The van der Waals surface area contributed by atoms with Gasteiger partial charge in [-0.3, -0.25) is 4.79 Å². The molecule has 29 heavy (non-hydrogen) atoms. The summed E-state index contributed by atoms with van der Waals surface area (Å²) in [5, 5.41) is 2.34. The summed E-state index contributed by atoms with van der Waals surface area (Å²) in [6, 6.07) is 13.3. The van der Waals surface area contributed by atoms with Crippen molar-refractivity contribution in [3.8, 4) is 16.9 Å². The van der Waals surface area contributed by atoms with Crippen molar-refractivity contribution in [1.29, 1.82) is 0 Å². The maximum absolute atomic E-state index is 12.1. The highest BCUT2D eigenvalue weighted by molar-refractivity contribution is 7.91. The second kappa shape index (κ2) is 11.0. The first kappa shape index (κ1) is 22.9. The molecule has 0 heterocycles. The minimum atomic E-state index is -3.50. The Morgan fingerprint density at radius 1 is 1.03 bits per heavy atom. The molecule has 0 aliphatic carbocycles. The third-order valence-electron chi connectivity index (χ3n) is 4.27. The normalized spacial score (nSPS) is 11.3. The van der Waals surface area contributed by atoms with Gasteiger partial charge in [-0.2, -0.15) is 0 Å². The topological polar surface area (TPSA) is 81.7 Å². The van der Waals surface area contributed by atoms with E-state index in [0.717, 1.165) is 28.9 Å². The lowest BCUT2D eigenvalue weighted by molar-refractivity contribution is -0.118. The molecule has 2 rings (SSSR count). The minimum Gasteiger partial charge on any atom is -0.494 e. The van der Waals surface area contributed by atoms with Crippen LogP contribution < -0.4 is 10.1 Å². The molecule has 1 amide bonds. The molecular formula is C22H29NO5S. The zero-order chi connectivity index (χ0) is 21.3. The molecule has 1 N–H and O–H groups in total. The third-order valence-corrected chi connectivity index (χ3v) is 5.75. The van der Waals surface area contributed by atoms with Crippen molar-refractivity contribution in [2.24, 2.45) is 0 Å². The molecule has 0 unspecified atom stereocenters. The predicted molar refractivity (Wildman–Crippen MR) is 115 cm³/mol. The molecule has 158 valence electrons. The summed E-state index contributed by atoms with van der Waals surface area (Å²) < 4.78 is 35.6. The quantitative estimate of drug-likeness (QED) is 0.565. The number of rotatable bonds is 11. The smallest absolute Gasteiger partial charge is 0.234 e. The van der Waals surface area contributed by atoms with Gasteiger partial charge in [0.15, 0.2) is 9.84 Å². The molecule has 0 fully saturated rings. The lowest BCUT2D eigenvalue weighted by atomic mass is 10.0. The number of ether oxygens (including phenoxy) is 2. The van der Waals surface area contributed by atoms with E-state index < -0.39 is 21.5 Å². The van der Waals surface area contributed by atoms with E-state index in [-0.39, 0.29) is 5.75 Å². The first-order valence-corrected chi connectivity index (χ1v) is 11.5. The zero-order valence-electron chi connectivity index (χ0n) is 17.2. The minimum absolute atomic E-state index is 0.167. The van der Waals surface area contributed by atoms with Crippen LogP contribution in [0, 0.1) is 0 Å². The van der Waals surface area contributed by atoms with Crippen molar-refractivity contribution < 1.29 is 22.7 Å². The predicted octanol–water partition coefficient (Wildman–Crippen LogP) is 3.34. The molecular weight excluding hydrogens is 390 g/mol. The average molecular weight is 420 g/mol. The number of nitrogens with one attached hydrogen (secondary N) is 1. The number of amides is 1. The van der Waals surface area contributed by atoms with Gasteiger partial charge < -0.3 is 14.8 Å². The molecule has 0 aliphatic heterocycles. The van der Waals surface area contributed by atoms with Crippen LogP contribution in [-0.2, 0) is 31.7 Å². The maximum atomic E-state index is 12.1. The summed E-state index contributed by atoms with van der Waals surface area (Å²) in [7, 11) is -2.08. The first-order chi connectivity index (χ1) is 13.9. The molecule has 2 aromatic rings. The number of benzene rings is 2. The van der Waals surface area contributed by atoms with E-state index in [9.17, 15) is 13.2 Å². The molecule has 6 nitrogen and oxygen atoms in total. The summed E-state index contributed by atoms with van der Waals surface area (Å²) >= 11 is 0. The Labute approximate surface area is 173 Å². The fourth-order valence-electron chi connectivity index (χ4n) is 2.86. The maximum Gasteiger partial charge on any atom is 0.234 e. The van der Waals surface area contributed by atoms with Crippen molar-refractivity contribution in [3.63, 3.8) is 0 Å². The van der Waals surface area contributed by atoms with Gasteiger partial charge in [-0.15, -0.1) is 0 Å². The van der Waals surface area contributed by atoms with Gasteiger partial charge >= 0.3 is 0 Å². The van der Waals surface area contributed by atoms with Crippen LogP contribution in [0.15, 0.2) is 42.5 Å². The Hall–Kier alpha value is -2.38. The number of hydrogen-bond acceptors (Lipinski definition) is 5. The number of carbonyl (C=O) groups is 1. The molecule has 0 aromatic heterocycles. The van der Waals surface area contributed by atoms with E-state index in [1.165, 1.54) is 7.05 Å². The lowest BCUT2D eigenvalue weighted by Gasteiger charge is -2.13. The third kappa shape index (κ3) is 7.18. The van der Waals surface area contributed by atoms with Gasteiger partial charge in [-0.25, -0.2) is 8.42 Å². The molecule has 0 bridgehead atoms. The average Bonchev–Trinajstić information content (AvgIpc) is 2.69. The second-order valence-corrected chi connectivity index (χ2v) is 8.77. The number of sulfone groups is 1. The van der Waals surface area contributed by atoms with Gasteiger partial charge in [0, 0.05) is 19.2 Å². The highest BCUT2D eigenvalue weighted by Gasteiger charge is 2.16. The first-order valence-electron chi connectivity index (χ1n) is 9.72. The standard InChI is InChI=1S/C22H29NO5S/c1-4-12-27-14-20-13-19(10-11-21(20)28-5-2)18-8-6-17(7-9-18)15-29(25,26)16-22(24)23-3/h6-11,13H,4-5,12,14-16H2,1-3H3,(H,23,24). The SMILES string of the molecule is CCCOCc1cc(-c2ccc(CS(=O)(=O)CC(=O)NC)cc2)ccc1OCC. The molecule has 0 atom stereocenters. The summed E-state index contributed by atoms with van der Waals surface area (Å²) in [5.74, 6) is -0.371. The van der Waals surface area contributed by atoms with E-state index in [1.807, 2.05) is 37.3 Å². The summed E-state index contributed by atoms with van der Waals surface area (Å²) in [5.41, 5.74) is 3.60. The van der Waals surface area contributed by atoms with E-state index in [2.05, 4.69) is 12.2 Å². The van der Waals surface area contributed by atoms with Crippen LogP contribution in [0.4, 0.5) is 0 Å². The Bertz CT molecular complexity index is 907. The number of carbonyl (C=O) groups excluding carboxylic acids is 1. The van der Waals surface area contributed by atoms with Crippen LogP contribution in [0.5, 0.6) is 5.75 Å². The summed E-state index contributed by atoms with van der Waals surface area (Å²) in [6.45, 7) is 5.76. The molecule has 2 aromatic carbocycles. The van der Waals surface area contributed by atoms with Crippen molar-refractivity contribution in [1.82, 2.24) is 5.32 Å². The summed E-state index contributed by atoms with van der Waals surface area (Å²) in [4.78, 5) is 11.3. The van der Waals surface area contributed by atoms with Crippen LogP contribution in [0.3, 0.4) is 0 Å². The van der Waals surface area contributed by atoms with Crippen LogP contribution in [-0.4, -0.2) is 40.3 Å². The van der Waals surface area contributed by atoms with Gasteiger partial charge in [0.05, 0.1) is 19.0 Å². The van der Waals surface area contributed by atoms with Gasteiger partial charge in [-0.1, -0.05) is 37.3 Å². The zero-order valence-corrected chi connectivity index (χ0v) is 18.1. The van der Waals surface area contributed by atoms with Crippen molar-refractivity contribution in [2.75, 3.05) is 26.0 Å². The van der Waals surface area contributed by atoms with Crippen LogP contribution >= 0.6 is 0 Å². The largest absolute Gasteiger partial charge is 0.494 e.